The van der Waals surface area contributed by atoms with Gasteiger partial charge in [-0.1, -0.05) is 0 Å². The van der Waals surface area contributed by atoms with Crippen LogP contribution in [-0.4, -0.2) is 28.4 Å². The topological polar surface area (TPSA) is 82.5 Å². The number of fused-ring (bicyclic) bond motifs is 1. The summed E-state index contributed by atoms with van der Waals surface area (Å²) in [6.07, 6.45) is 2.22. The molecule has 1 aromatic heterocycles. The van der Waals surface area contributed by atoms with Gasteiger partial charge in [0.05, 0.1) is 0 Å². The Morgan fingerprint density at radius 3 is 2.86 bits per heavy atom. The summed E-state index contributed by atoms with van der Waals surface area (Å²) in [5, 5.41) is 12.2. The molecule has 22 heavy (non-hydrogen) atoms. The predicted molar refractivity (Wildman–Crippen MR) is 82.0 cm³/mol. The monoisotopic (exact) mass is 297 g/mol. The van der Waals surface area contributed by atoms with E-state index >= 15 is 0 Å². The number of pyridine rings is 1. The molecule has 2 N–H and O–H groups in total. The number of nitrogens with zero attached hydrogens (tertiary/aromatic N) is 2. The van der Waals surface area contributed by atoms with E-state index in [0.717, 1.165) is 17.7 Å². The van der Waals surface area contributed by atoms with Crippen LogP contribution in [0.4, 0.5) is 11.5 Å². The maximum absolute atomic E-state index is 12.2. The number of benzene rings is 1. The summed E-state index contributed by atoms with van der Waals surface area (Å²) in [5.74, 6) is -0.314. The lowest BCUT2D eigenvalue weighted by molar-refractivity contribution is -0.116. The van der Waals surface area contributed by atoms with Gasteiger partial charge in [0.25, 0.3) is 5.91 Å². The van der Waals surface area contributed by atoms with E-state index in [1.165, 1.54) is 19.2 Å². The Labute approximate surface area is 127 Å². The summed E-state index contributed by atoms with van der Waals surface area (Å²) < 4.78 is 0. The van der Waals surface area contributed by atoms with Crippen LogP contribution in [0.5, 0.6) is 5.75 Å². The Kier molecular flexibility index (Phi) is 3.50. The molecule has 0 atom stereocenters. The van der Waals surface area contributed by atoms with Crippen molar-refractivity contribution >= 4 is 23.3 Å². The summed E-state index contributed by atoms with van der Waals surface area (Å²) in [6.45, 7) is 2.16. The maximum Gasteiger partial charge on any atom is 0.256 e. The Morgan fingerprint density at radius 2 is 2.14 bits per heavy atom. The number of aromatic nitrogens is 1. The van der Waals surface area contributed by atoms with Gasteiger partial charge < -0.3 is 15.3 Å². The smallest absolute Gasteiger partial charge is 0.256 e. The zero-order valence-corrected chi connectivity index (χ0v) is 12.0. The second-order valence-corrected chi connectivity index (χ2v) is 5.09. The Morgan fingerprint density at radius 1 is 1.32 bits per heavy atom. The number of hydrogen-bond acceptors (Lipinski definition) is 4. The first-order valence-electron chi connectivity index (χ1n) is 6.92. The fourth-order valence-electron chi connectivity index (χ4n) is 2.54. The first-order chi connectivity index (χ1) is 10.6. The molecule has 0 aliphatic carbocycles. The first kappa shape index (κ1) is 14.1. The van der Waals surface area contributed by atoms with Gasteiger partial charge in [-0.2, -0.15) is 0 Å². The van der Waals surface area contributed by atoms with Crippen LogP contribution in [0.1, 0.15) is 22.8 Å². The first-order valence-corrected chi connectivity index (χ1v) is 6.92. The van der Waals surface area contributed by atoms with Crippen LogP contribution in [0, 0.1) is 0 Å². The number of amides is 2. The highest BCUT2D eigenvalue weighted by molar-refractivity contribution is 6.05. The van der Waals surface area contributed by atoms with Crippen molar-refractivity contribution in [2.45, 2.75) is 13.3 Å². The summed E-state index contributed by atoms with van der Waals surface area (Å²) >= 11 is 0. The molecule has 112 valence electrons. The van der Waals surface area contributed by atoms with Crippen molar-refractivity contribution < 1.29 is 14.7 Å². The van der Waals surface area contributed by atoms with E-state index in [0.29, 0.717) is 12.1 Å². The Bertz CT molecular complexity index is 758. The van der Waals surface area contributed by atoms with Crippen molar-refractivity contribution in [2.24, 2.45) is 0 Å². The number of nitrogens with one attached hydrogen (secondary N) is 1. The molecule has 2 amide bonds. The average Bonchev–Trinajstić information content (AvgIpc) is 2.92. The van der Waals surface area contributed by atoms with Crippen LogP contribution in [0.15, 0.2) is 36.5 Å². The molecule has 6 nitrogen and oxygen atoms in total. The van der Waals surface area contributed by atoms with Crippen molar-refractivity contribution in [1.29, 1.82) is 0 Å². The average molecular weight is 297 g/mol. The lowest BCUT2D eigenvalue weighted by atomic mass is 10.1. The van der Waals surface area contributed by atoms with Crippen LogP contribution in [0.3, 0.4) is 0 Å². The Balaban J connectivity index is 1.83. The molecule has 0 unspecified atom stereocenters. The molecular weight excluding hydrogens is 282 g/mol. The number of aromatic hydroxyl groups is 1. The van der Waals surface area contributed by atoms with Crippen LogP contribution in [-0.2, 0) is 11.2 Å². The van der Waals surface area contributed by atoms with Gasteiger partial charge in [0.15, 0.2) is 11.6 Å². The van der Waals surface area contributed by atoms with Crippen LogP contribution >= 0.6 is 0 Å². The molecule has 0 spiro atoms. The van der Waals surface area contributed by atoms with E-state index in [9.17, 15) is 14.7 Å². The number of rotatable bonds is 2. The zero-order valence-electron chi connectivity index (χ0n) is 12.0. The summed E-state index contributed by atoms with van der Waals surface area (Å²) in [7, 11) is 0. The molecule has 1 aromatic carbocycles. The van der Waals surface area contributed by atoms with Gasteiger partial charge in [-0.05, 0) is 42.3 Å². The van der Waals surface area contributed by atoms with Crippen molar-refractivity contribution in [1.82, 2.24) is 4.98 Å². The molecule has 0 fully saturated rings. The summed E-state index contributed by atoms with van der Waals surface area (Å²) in [4.78, 5) is 29.4. The quantitative estimate of drug-likeness (QED) is 0.887. The van der Waals surface area contributed by atoms with E-state index in [1.54, 1.807) is 29.2 Å². The van der Waals surface area contributed by atoms with Gasteiger partial charge in [-0.25, -0.2) is 4.98 Å². The molecule has 0 saturated carbocycles. The third-order valence-corrected chi connectivity index (χ3v) is 3.64. The predicted octanol–water partition coefficient (Wildman–Crippen LogP) is 1.95. The SMILES string of the molecule is CC(=O)N1CCc2cc(C(=O)Nc3ncccc3O)ccc21. The number of anilines is 2. The van der Waals surface area contributed by atoms with Gasteiger partial charge >= 0.3 is 0 Å². The van der Waals surface area contributed by atoms with Gasteiger partial charge in [0, 0.05) is 30.9 Å². The highest BCUT2D eigenvalue weighted by Crippen LogP contribution is 2.29. The third kappa shape index (κ3) is 2.50. The normalized spacial score (nSPS) is 12.9. The zero-order chi connectivity index (χ0) is 15.7. The highest BCUT2D eigenvalue weighted by atomic mass is 16.3. The molecule has 2 aromatic rings. The third-order valence-electron chi connectivity index (χ3n) is 3.64. The summed E-state index contributed by atoms with van der Waals surface area (Å²) in [6, 6.07) is 8.24. The van der Waals surface area contributed by atoms with E-state index in [-0.39, 0.29) is 23.4 Å². The molecule has 2 heterocycles. The fraction of sp³-hybridized carbons (Fsp3) is 0.188. The number of hydrogen-bond donors (Lipinski definition) is 2. The van der Waals surface area contributed by atoms with Crippen molar-refractivity contribution in [2.75, 3.05) is 16.8 Å². The van der Waals surface area contributed by atoms with E-state index in [2.05, 4.69) is 10.3 Å². The van der Waals surface area contributed by atoms with Gasteiger partial charge in [-0.3, -0.25) is 9.59 Å². The lowest BCUT2D eigenvalue weighted by Gasteiger charge is -2.14. The standard InChI is InChI=1S/C16H15N3O3/c1-10(20)19-8-6-11-9-12(4-5-13(11)19)16(22)18-15-14(21)3-2-7-17-15/h2-5,7,9,21H,6,8H2,1H3,(H,17,18,22). The minimum absolute atomic E-state index is 0.00522. The number of carbonyl (C=O) groups excluding carboxylic acids is 2. The second kappa shape index (κ2) is 5.48. The molecule has 1 aliphatic heterocycles. The largest absolute Gasteiger partial charge is 0.504 e. The maximum atomic E-state index is 12.2. The molecule has 6 heteroatoms. The summed E-state index contributed by atoms with van der Waals surface area (Å²) in [5.41, 5.74) is 2.28. The molecular formula is C16H15N3O3. The number of carbonyl (C=O) groups is 2. The minimum atomic E-state index is -0.349. The minimum Gasteiger partial charge on any atom is -0.504 e. The van der Waals surface area contributed by atoms with Crippen LogP contribution < -0.4 is 10.2 Å². The van der Waals surface area contributed by atoms with Crippen molar-refractivity contribution in [3.63, 3.8) is 0 Å². The Hall–Kier alpha value is -2.89. The second-order valence-electron chi connectivity index (χ2n) is 5.09. The van der Waals surface area contributed by atoms with Gasteiger partial charge in [0.2, 0.25) is 5.91 Å². The van der Waals surface area contributed by atoms with E-state index < -0.39 is 0 Å². The molecule has 3 rings (SSSR count). The molecule has 1 aliphatic rings. The molecule has 0 saturated heterocycles. The molecule has 0 radical (unpaired) electrons. The van der Waals surface area contributed by atoms with Crippen molar-refractivity contribution in [3.8, 4) is 5.75 Å². The van der Waals surface area contributed by atoms with Gasteiger partial charge in [-0.15, -0.1) is 0 Å². The lowest BCUT2D eigenvalue weighted by Crippen LogP contribution is -2.25. The fourth-order valence-corrected chi connectivity index (χ4v) is 2.54. The van der Waals surface area contributed by atoms with Gasteiger partial charge in [0.1, 0.15) is 0 Å². The van der Waals surface area contributed by atoms with Crippen LogP contribution in [0.25, 0.3) is 0 Å². The highest BCUT2D eigenvalue weighted by Gasteiger charge is 2.23. The molecule has 0 bridgehead atoms. The van der Waals surface area contributed by atoms with Crippen LogP contribution in [0.2, 0.25) is 0 Å². The van der Waals surface area contributed by atoms with Crippen molar-refractivity contribution in [3.05, 3.63) is 47.7 Å². The van der Waals surface area contributed by atoms with E-state index in [1.807, 2.05) is 0 Å². The van der Waals surface area contributed by atoms with E-state index in [4.69, 9.17) is 0 Å².